The van der Waals surface area contributed by atoms with Gasteiger partial charge < -0.3 is 18.4 Å². The first kappa shape index (κ1) is 17.4. The minimum Gasteiger partial charge on any atom is -1.00 e. The van der Waals surface area contributed by atoms with Gasteiger partial charge in [-0.25, -0.2) is 4.79 Å². The average molecular weight is 278 g/mol. The number of benzene rings is 1. The van der Waals surface area contributed by atoms with Crippen molar-refractivity contribution in [1.29, 1.82) is 0 Å². The molecule has 0 unspecified atom stereocenters. The molecule has 19 heavy (non-hydrogen) atoms. The van der Waals surface area contributed by atoms with Crippen LogP contribution in [0.3, 0.4) is 0 Å². The van der Waals surface area contributed by atoms with E-state index in [2.05, 4.69) is 5.32 Å². The number of rotatable bonds is 6. The van der Waals surface area contributed by atoms with Crippen LogP contribution in [0, 0.1) is 0 Å². The van der Waals surface area contributed by atoms with E-state index < -0.39 is 23.9 Å². The summed E-state index contributed by atoms with van der Waals surface area (Å²) in [5, 5.41) is 19.7. The molecule has 0 aliphatic heterocycles. The maximum atomic E-state index is 11.7. The summed E-state index contributed by atoms with van der Waals surface area (Å²) in [7, 11) is 0. The van der Waals surface area contributed by atoms with Gasteiger partial charge in [-0.05, 0) is 18.6 Å². The number of carbonyl (C=O) groups excluding carboxylic acids is 1. The van der Waals surface area contributed by atoms with Crippen molar-refractivity contribution >= 4 is 40.9 Å². The van der Waals surface area contributed by atoms with Crippen LogP contribution in [0.5, 0.6) is 0 Å². The summed E-state index contributed by atoms with van der Waals surface area (Å²) in [6, 6.07) is 6.94. The van der Waals surface area contributed by atoms with E-state index in [1.807, 2.05) is 0 Å². The monoisotopic (exact) mass is 277 g/mol. The Hall–Kier alpha value is -1.60. The summed E-state index contributed by atoms with van der Waals surface area (Å²) in [5.74, 6) is -2.89. The molecule has 7 heteroatoms. The van der Waals surface area contributed by atoms with Crippen molar-refractivity contribution in [3.05, 3.63) is 35.9 Å². The molecule has 0 saturated carbocycles. The van der Waals surface area contributed by atoms with Gasteiger partial charge in [-0.3, -0.25) is 9.59 Å². The van der Waals surface area contributed by atoms with Gasteiger partial charge in [0.2, 0.25) is 0 Å². The molecule has 0 fully saturated rings. The number of nitrogens with one attached hydrogen (secondary N) is 1. The summed E-state index contributed by atoms with van der Waals surface area (Å²) >= 11 is 0. The molecule has 6 nitrogen and oxygen atoms in total. The Morgan fingerprint density at radius 3 is 2.21 bits per heavy atom. The summed E-state index contributed by atoms with van der Waals surface area (Å²) in [4.78, 5) is 32.9. The SMILES string of the molecule is O=C(O)CC[C@H](NC(=O)c1ccccc1)C(=O)O.[H-].[H-].[Mg+2]. The van der Waals surface area contributed by atoms with Crippen LogP contribution in [0.4, 0.5) is 0 Å². The molecule has 0 aromatic heterocycles. The smallest absolute Gasteiger partial charge is 1.00 e. The van der Waals surface area contributed by atoms with Crippen molar-refractivity contribution in [2.45, 2.75) is 18.9 Å². The summed E-state index contributed by atoms with van der Waals surface area (Å²) in [5.41, 5.74) is 0.332. The molecule has 1 atom stereocenters. The van der Waals surface area contributed by atoms with Crippen LogP contribution < -0.4 is 5.32 Å². The van der Waals surface area contributed by atoms with Crippen LogP contribution in [-0.2, 0) is 9.59 Å². The normalized spacial score (nSPS) is 10.9. The fourth-order valence-electron chi connectivity index (χ4n) is 1.36. The predicted molar refractivity (Wildman–Crippen MR) is 70.2 cm³/mol. The predicted octanol–water partition coefficient (Wildman–Crippen LogP) is 0.579. The van der Waals surface area contributed by atoms with Crippen LogP contribution in [0.25, 0.3) is 0 Å². The van der Waals surface area contributed by atoms with Crippen molar-refractivity contribution in [1.82, 2.24) is 5.32 Å². The zero-order valence-electron chi connectivity index (χ0n) is 12.2. The maximum absolute atomic E-state index is 11.7. The molecule has 100 valence electrons. The van der Waals surface area contributed by atoms with Crippen molar-refractivity contribution in [2.75, 3.05) is 0 Å². The Morgan fingerprint density at radius 2 is 1.74 bits per heavy atom. The Bertz CT molecular complexity index is 458. The topological polar surface area (TPSA) is 104 Å². The van der Waals surface area contributed by atoms with Gasteiger partial charge in [-0.2, -0.15) is 0 Å². The zero-order valence-corrected chi connectivity index (χ0v) is 11.6. The molecule has 0 saturated heterocycles. The molecule has 1 aromatic rings. The summed E-state index contributed by atoms with van der Waals surface area (Å²) in [6.45, 7) is 0. The van der Waals surface area contributed by atoms with E-state index in [9.17, 15) is 14.4 Å². The third-order valence-corrected chi connectivity index (χ3v) is 2.29. The largest absolute Gasteiger partial charge is 2.00 e. The van der Waals surface area contributed by atoms with Crippen LogP contribution in [0.15, 0.2) is 30.3 Å². The molecule has 0 radical (unpaired) electrons. The number of aliphatic carboxylic acids is 2. The van der Waals surface area contributed by atoms with Gasteiger partial charge >= 0.3 is 35.0 Å². The summed E-state index contributed by atoms with van der Waals surface area (Å²) < 4.78 is 0. The number of carboxylic acid groups (broad SMARTS) is 2. The van der Waals surface area contributed by atoms with Gasteiger partial charge in [0.25, 0.3) is 5.91 Å². The summed E-state index contributed by atoms with van der Waals surface area (Å²) in [6.07, 6.45) is -0.463. The first-order chi connectivity index (χ1) is 8.50. The average Bonchev–Trinajstić information content (AvgIpc) is 2.34. The Balaban J connectivity index is -0.00000108. The Labute approximate surface area is 128 Å². The van der Waals surface area contributed by atoms with E-state index in [1.165, 1.54) is 0 Å². The van der Waals surface area contributed by atoms with Crippen molar-refractivity contribution in [3.63, 3.8) is 0 Å². The second-order valence-corrected chi connectivity index (χ2v) is 3.66. The van der Waals surface area contributed by atoms with Gasteiger partial charge in [0, 0.05) is 12.0 Å². The second-order valence-electron chi connectivity index (χ2n) is 3.66. The molecule has 0 heterocycles. The van der Waals surface area contributed by atoms with Crippen molar-refractivity contribution in [2.24, 2.45) is 0 Å². The van der Waals surface area contributed by atoms with E-state index in [1.54, 1.807) is 30.3 Å². The fourth-order valence-corrected chi connectivity index (χ4v) is 1.36. The maximum Gasteiger partial charge on any atom is 2.00 e. The van der Waals surface area contributed by atoms with Crippen LogP contribution in [0.2, 0.25) is 0 Å². The molecular weight excluding hydrogens is 262 g/mol. The molecule has 1 amide bonds. The molecule has 1 aromatic carbocycles. The minimum absolute atomic E-state index is 0. The molecule has 1 rings (SSSR count). The second kappa shape index (κ2) is 8.49. The van der Waals surface area contributed by atoms with E-state index in [0.29, 0.717) is 5.56 Å². The molecular formula is C12H15MgNO5. The van der Waals surface area contributed by atoms with Gasteiger partial charge in [0.05, 0.1) is 0 Å². The molecule has 3 N–H and O–H groups in total. The number of hydrogen-bond donors (Lipinski definition) is 3. The molecule has 0 aliphatic carbocycles. The van der Waals surface area contributed by atoms with Gasteiger partial charge in [0.1, 0.15) is 6.04 Å². The van der Waals surface area contributed by atoms with Crippen LogP contribution in [0.1, 0.15) is 26.1 Å². The number of hydrogen-bond acceptors (Lipinski definition) is 3. The number of carbonyl (C=O) groups is 3. The van der Waals surface area contributed by atoms with Crippen molar-refractivity contribution < 1.29 is 27.4 Å². The van der Waals surface area contributed by atoms with Gasteiger partial charge in [0.15, 0.2) is 0 Å². The Morgan fingerprint density at radius 1 is 1.16 bits per heavy atom. The van der Waals surface area contributed by atoms with E-state index in [-0.39, 0.29) is 38.7 Å². The standard InChI is InChI=1S/C12H13NO5.Mg.2H/c14-10(15)7-6-9(12(17)18)13-11(16)8-4-2-1-3-5-8;;;/h1-5,9H,6-7H2,(H,13,16)(H,14,15)(H,17,18);;;/q;+2;2*-1/t9-;;;/m0.../s1. The van der Waals surface area contributed by atoms with E-state index in [0.717, 1.165) is 0 Å². The van der Waals surface area contributed by atoms with Crippen LogP contribution in [-0.4, -0.2) is 57.2 Å². The van der Waals surface area contributed by atoms with E-state index >= 15 is 0 Å². The molecule has 0 aliphatic rings. The zero-order chi connectivity index (χ0) is 13.5. The van der Waals surface area contributed by atoms with Gasteiger partial charge in [-0.15, -0.1) is 0 Å². The quantitative estimate of drug-likeness (QED) is 0.660. The van der Waals surface area contributed by atoms with Gasteiger partial charge in [-0.1, -0.05) is 18.2 Å². The first-order valence-corrected chi connectivity index (χ1v) is 5.31. The Kier molecular flexibility index (Phi) is 7.77. The third kappa shape index (κ3) is 6.21. The number of amides is 1. The minimum atomic E-state index is -1.25. The van der Waals surface area contributed by atoms with E-state index in [4.69, 9.17) is 10.2 Å². The fraction of sp³-hybridized carbons (Fsp3) is 0.250. The molecule has 0 bridgehead atoms. The molecule has 0 spiro atoms. The first-order valence-electron chi connectivity index (χ1n) is 5.31. The third-order valence-electron chi connectivity index (χ3n) is 2.29. The number of carboxylic acids is 2. The van der Waals surface area contributed by atoms with Crippen molar-refractivity contribution in [3.8, 4) is 0 Å². The van der Waals surface area contributed by atoms with Crippen LogP contribution >= 0.6 is 0 Å².